The number of carbonyl (C=O) groups excluding carboxylic acids is 2. The highest BCUT2D eigenvalue weighted by molar-refractivity contribution is 5.88. The lowest BCUT2D eigenvalue weighted by molar-refractivity contribution is -0.175. The summed E-state index contributed by atoms with van der Waals surface area (Å²) in [7, 11) is 0. The number of hydrogen-bond acceptors (Lipinski definition) is 4. The second-order valence-electron chi connectivity index (χ2n) is 10.2. The van der Waals surface area contributed by atoms with Crippen LogP contribution >= 0.6 is 0 Å². The third kappa shape index (κ3) is 6.72. The van der Waals surface area contributed by atoms with Gasteiger partial charge in [0.15, 0.2) is 0 Å². The maximum Gasteiger partial charge on any atom is 0.245 e. The average Bonchev–Trinajstić information content (AvgIpc) is 3.39. The average molecular weight is 481 g/mol. The van der Waals surface area contributed by atoms with E-state index in [0.717, 1.165) is 43.4 Å². The molecule has 1 aromatic carbocycles. The molecular weight excluding hydrogens is 440 g/mol. The van der Waals surface area contributed by atoms with Crippen molar-refractivity contribution in [2.24, 2.45) is 5.92 Å². The number of benzene rings is 1. The van der Waals surface area contributed by atoms with Crippen LogP contribution in [-0.2, 0) is 26.3 Å². The van der Waals surface area contributed by atoms with Crippen LogP contribution in [-0.4, -0.2) is 52.4 Å². The van der Waals surface area contributed by atoms with Crippen LogP contribution in [0.4, 0.5) is 0 Å². The molecule has 2 N–H and O–H groups in total. The van der Waals surface area contributed by atoms with Crippen molar-refractivity contribution in [3.8, 4) is 0 Å². The number of ether oxygens (including phenoxy) is 1. The normalized spacial score (nSPS) is 18.6. The molecule has 2 fully saturated rings. The number of hydrogen-bond donors (Lipinski definition) is 2. The summed E-state index contributed by atoms with van der Waals surface area (Å²) in [5.41, 5.74) is 1.59. The van der Waals surface area contributed by atoms with Crippen LogP contribution in [0.15, 0.2) is 42.9 Å². The molecule has 0 unspecified atom stereocenters. The molecule has 1 aromatic heterocycles. The van der Waals surface area contributed by atoms with Crippen molar-refractivity contribution in [3.05, 3.63) is 54.1 Å². The fourth-order valence-corrected chi connectivity index (χ4v) is 5.37. The number of H-pyrrole nitrogens is 1. The molecule has 1 aliphatic heterocycles. The number of likely N-dealkylation sites (tertiary alicyclic amines) is 1. The van der Waals surface area contributed by atoms with E-state index in [2.05, 4.69) is 34.3 Å². The first-order valence-corrected chi connectivity index (χ1v) is 13.3. The molecular formula is C28H40N4O3. The Labute approximate surface area is 209 Å². The molecule has 1 aliphatic carbocycles. The molecule has 35 heavy (non-hydrogen) atoms. The van der Waals surface area contributed by atoms with Crippen LogP contribution in [0.2, 0.25) is 0 Å². The van der Waals surface area contributed by atoms with Gasteiger partial charge in [0.05, 0.1) is 19.4 Å². The van der Waals surface area contributed by atoms with Crippen molar-refractivity contribution in [1.29, 1.82) is 0 Å². The van der Waals surface area contributed by atoms with Gasteiger partial charge < -0.3 is 19.9 Å². The van der Waals surface area contributed by atoms with Crippen LogP contribution in [0.1, 0.15) is 76.0 Å². The molecule has 7 nitrogen and oxygen atoms in total. The number of rotatable bonds is 12. The smallest absolute Gasteiger partial charge is 0.245 e. The molecule has 2 aromatic rings. The van der Waals surface area contributed by atoms with Gasteiger partial charge in [0.1, 0.15) is 11.6 Å². The van der Waals surface area contributed by atoms with E-state index < -0.39 is 11.6 Å². The zero-order chi connectivity index (χ0) is 24.5. The maximum atomic E-state index is 13.7. The van der Waals surface area contributed by atoms with Crippen molar-refractivity contribution in [2.75, 3.05) is 19.7 Å². The minimum Gasteiger partial charge on any atom is -0.367 e. The summed E-state index contributed by atoms with van der Waals surface area (Å²) in [5.74, 6) is 0.436. The van der Waals surface area contributed by atoms with Gasteiger partial charge in [-0.15, -0.1) is 0 Å². The van der Waals surface area contributed by atoms with E-state index in [1.807, 2.05) is 23.1 Å². The summed E-state index contributed by atoms with van der Waals surface area (Å²) in [6, 6.07) is 9.75. The lowest BCUT2D eigenvalue weighted by Crippen LogP contribution is -2.65. The summed E-state index contributed by atoms with van der Waals surface area (Å²) in [6.07, 6.45) is 13.1. The van der Waals surface area contributed by atoms with Crippen molar-refractivity contribution in [3.63, 3.8) is 0 Å². The molecule has 2 heterocycles. The third-order valence-electron chi connectivity index (χ3n) is 7.48. The topological polar surface area (TPSA) is 87.3 Å². The van der Waals surface area contributed by atoms with Gasteiger partial charge in [-0.2, -0.15) is 0 Å². The Bertz CT molecular complexity index is 919. The SMILES string of the molecule is CCCCOC1(c2ccccc2)CN(C(=O)[C@@H](CC2CCCCC2)NC(=O)CCc2cnc[nH]2)C1. The molecule has 4 rings (SSSR count). The number of unbranched alkanes of at least 4 members (excludes halogenated alkanes) is 1. The number of aryl methyl sites for hydroxylation is 1. The van der Waals surface area contributed by atoms with Crippen molar-refractivity contribution in [2.45, 2.75) is 82.8 Å². The highest BCUT2D eigenvalue weighted by Crippen LogP contribution is 2.37. The van der Waals surface area contributed by atoms with Gasteiger partial charge in [0.2, 0.25) is 11.8 Å². The largest absolute Gasteiger partial charge is 0.367 e. The van der Waals surface area contributed by atoms with Crippen molar-refractivity contribution in [1.82, 2.24) is 20.2 Å². The molecule has 190 valence electrons. The Kier molecular flexibility index (Phi) is 8.96. The molecule has 0 bridgehead atoms. The Morgan fingerprint density at radius 2 is 1.97 bits per heavy atom. The summed E-state index contributed by atoms with van der Waals surface area (Å²) in [5, 5.41) is 3.09. The zero-order valence-electron chi connectivity index (χ0n) is 21.0. The molecule has 0 radical (unpaired) electrons. The molecule has 1 atom stereocenters. The van der Waals surface area contributed by atoms with E-state index in [-0.39, 0.29) is 11.8 Å². The van der Waals surface area contributed by atoms with Crippen LogP contribution in [0, 0.1) is 5.92 Å². The number of nitrogens with one attached hydrogen (secondary N) is 2. The van der Waals surface area contributed by atoms with Crippen LogP contribution in [0.5, 0.6) is 0 Å². The molecule has 1 saturated heterocycles. The number of aromatic nitrogens is 2. The first-order valence-electron chi connectivity index (χ1n) is 13.3. The Hall–Kier alpha value is -2.67. The predicted octanol–water partition coefficient (Wildman–Crippen LogP) is 4.35. The van der Waals surface area contributed by atoms with Gasteiger partial charge in [-0.3, -0.25) is 9.59 Å². The fraction of sp³-hybridized carbons (Fsp3) is 0.607. The highest BCUT2D eigenvalue weighted by atomic mass is 16.5. The van der Waals surface area contributed by atoms with Crippen LogP contribution < -0.4 is 5.32 Å². The number of imidazole rings is 1. The summed E-state index contributed by atoms with van der Waals surface area (Å²) >= 11 is 0. The van der Waals surface area contributed by atoms with Crippen molar-refractivity contribution < 1.29 is 14.3 Å². The first-order chi connectivity index (χ1) is 17.1. The minimum absolute atomic E-state index is 0.0242. The molecule has 2 aliphatic rings. The quantitative estimate of drug-likeness (QED) is 0.442. The van der Waals surface area contributed by atoms with E-state index >= 15 is 0 Å². The standard InChI is InChI=1S/C28H40N4O3/c1-2-3-16-35-28(23-12-8-5-9-13-23)19-32(20-28)27(34)25(17-22-10-6-4-7-11-22)31-26(33)15-14-24-18-29-21-30-24/h5,8-9,12-13,18,21-22,25H,2-4,6-7,10-11,14-17,19-20H2,1H3,(H,29,30)(H,31,33)/t25-/m1/s1. The monoisotopic (exact) mass is 480 g/mol. The second-order valence-corrected chi connectivity index (χ2v) is 10.2. The van der Waals surface area contributed by atoms with E-state index in [9.17, 15) is 9.59 Å². The molecule has 2 amide bonds. The van der Waals surface area contributed by atoms with E-state index in [4.69, 9.17) is 4.74 Å². The van der Waals surface area contributed by atoms with Gasteiger partial charge in [-0.25, -0.2) is 4.98 Å². The van der Waals surface area contributed by atoms with E-state index in [1.165, 1.54) is 19.3 Å². The van der Waals surface area contributed by atoms with Crippen LogP contribution in [0.3, 0.4) is 0 Å². The molecule has 1 saturated carbocycles. The predicted molar refractivity (Wildman–Crippen MR) is 136 cm³/mol. The summed E-state index contributed by atoms with van der Waals surface area (Å²) in [4.78, 5) is 35.4. The highest BCUT2D eigenvalue weighted by Gasteiger charge is 2.49. The van der Waals surface area contributed by atoms with Gasteiger partial charge >= 0.3 is 0 Å². The summed E-state index contributed by atoms with van der Waals surface area (Å²) in [6.45, 7) is 3.90. The maximum absolute atomic E-state index is 13.7. The Morgan fingerprint density at radius 1 is 1.20 bits per heavy atom. The number of amides is 2. The number of nitrogens with zero attached hydrogens (tertiary/aromatic N) is 2. The Balaban J connectivity index is 1.41. The van der Waals surface area contributed by atoms with Crippen molar-refractivity contribution >= 4 is 11.8 Å². The third-order valence-corrected chi connectivity index (χ3v) is 7.48. The lowest BCUT2D eigenvalue weighted by Gasteiger charge is -2.51. The van der Waals surface area contributed by atoms with E-state index in [0.29, 0.717) is 38.5 Å². The zero-order valence-corrected chi connectivity index (χ0v) is 21.0. The van der Waals surface area contributed by atoms with Gasteiger partial charge in [0, 0.05) is 24.9 Å². The lowest BCUT2D eigenvalue weighted by atomic mass is 9.82. The van der Waals surface area contributed by atoms with E-state index in [1.54, 1.807) is 12.5 Å². The van der Waals surface area contributed by atoms with Gasteiger partial charge in [-0.05, 0) is 30.7 Å². The molecule has 0 spiro atoms. The Morgan fingerprint density at radius 3 is 2.66 bits per heavy atom. The van der Waals surface area contributed by atoms with Crippen LogP contribution in [0.25, 0.3) is 0 Å². The van der Waals surface area contributed by atoms with Gasteiger partial charge in [-0.1, -0.05) is 75.8 Å². The number of aromatic amines is 1. The molecule has 7 heteroatoms. The number of carbonyl (C=O) groups is 2. The minimum atomic E-state index is -0.475. The first kappa shape index (κ1) is 25.4. The second kappa shape index (κ2) is 12.3. The summed E-state index contributed by atoms with van der Waals surface area (Å²) < 4.78 is 6.37. The van der Waals surface area contributed by atoms with Gasteiger partial charge in [0.25, 0.3) is 0 Å². The fourth-order valence-electron chi connectivity index (χ4n) is 5.37.